The van der Waals surface area contributed by atoms with Crippen LogP contribution in [0.3, 0.4) is 0 Å². The van der Waals surface area contributed by atoms with Crippen molar-refractivity contribution in [2.24, 2.45) is 5.92 Å². The fourth-order valence-electron chi connectivity index (χ4n) is 2.56. The topological polar surface area (TPSA) is 21.3 Å². The molecule has 1 aliphatic heterocycles. The van der Waals surface area contributed by atoms with Crippen LogP contribution in [0.25, 0.3) is 0 Å². The number of rotatable bonds is 3. The molecule has 1 heterocycles. The molecule has 0 aromatic heterocycles. The first-order valence-electron chi connectivity index (χ1n) is 6.42. The van der Waals surface area contributed by atoms with E-state index in [1.54, 1.807) is 6.07 Å². The summed E-state index contributed by atoms with van der Waals surface area (Å²) in [6, 6.07) is 5.87. The smallest absolute Gasteiger partial charge is 0.381 e. The van der Waals surface area contributed by atoms with Crippen molar-refractivity contribution in [3.05, 3.63) is 35.4 Å². The quantitative estimate of drug-likeness (QED) is 0.914. The van der Waals surface area contributed by atoms with E-state index in [0.717, 1.165) is 12.5 Å². The lowest BCUT2D eigenvalue weighted by Gasteiger charge is -2.31. The Labute approximate surface area is 111 Å². The molecule has 19 heavy (non-hydrogen) atoms. The highest BCUT2D eigenvalue weighted by molar-refractivity contribution is 5.26. The average Bonchev–Trinajstić information content (AvgIpc) is 2.39. The van der Waals surface area contributed by atoms with Crippen LogP contribution in [0.4, 0.5) is 13.2 Å². The van der Waals surface area contributed by atoms with Crippen molar-refractivity contribution in [3.8, 4) is 0 Å². The predicted molar refractivity (Wildman–Crippen MR) is 66.9 cm³/mol. The fraction of sp³-hybridized carbons (Fsp3) is 0.571. The molecule has 0 radical (unpaired) electrons. The molecule has 0 amide bonds. The molecular weight excluding hydrogens is 255 g/mol. The van der Waals surface area contributed by atoms with Crippen LogP contribution >= 0.6 is 0 Å². The van der Waals surface area contributed by atoms with Crippen LogP contribution < -0.4 is 5.32 Å². The maximum atomic E-state index is 12.7. The van der Waals surface area contributed by atoms with Crippen molar-refractivity contribution >= 4 is 0 Å². The number of nitrogens with one attached hydrogen (secondary N) is 1. The Morgan fingerprint density at radius 2 is 2.16 bits per heavy atom. The van der Waals surface area contributed by atoms with Crippen molar-refractivity contribution in [2.45, 2.75) is 25.1 Å². The van der Waals surface area contributed by atoms with Gasteiger partial charge in [0.05, 0.1) is 12.2 Å². The van der Waals surface area contributed by atoms with Gasteiger partial charge in [-0.3, -0.25) is 0 Å². The molecule has 1 fully saturated rings. The summed E-state index contributed by atoms with van der Waals surface area (Å²) in [5.74, 6) is 0.224. The zero-order valence-electron chi connectivity index (χ0n) is 10.8. The van der Waals surface area contributed by atoms with Gasteiger partial charge in [-0.1, -0.05) is 18.2 Å². The van der Waals surface area contributed by atoms with Gasteiger partial charge in [0.15, 0.2) is 0 Å². The number of halogens is 3. The molecule has 2 nitrogen and oxygen atoms in total. The van der Waals surface area contributed by atoms with Crippen LogP contribution in [-0.4, -0.2) is 26.3 Å². The molecule has 5 heteroatoms. The Balaban J connectivity index is 2.10. The monoisotopic (exact) mass is 273 g/mol. The minimum absolute atomic E-state index is 0.224. The second-order valence-corrected chi connectivity index (χ2v) is 4.92. The van der Waals surface area contributed by atoms with Crippen molar-refractivity contribution in [1.29, 1.82) is 0 Å². The third kappa shape index (κ3) is 3.70. The molecule has 2 unspecified atom stereocenters. The summed E-state index contributed by atoms with van der Waals surface area (Å²) >= 11 is 0. The maximum absolute atomic E-state index is 12.7. The summed E-state index contributed by atoms with van der Waals surface area (Å²) < 4.78 is 43.4. The third-order valence-corrected chi connectivity index (χ3v) is 3.60. The van der Waals surface area contributed by atoms with E-state index in [1.165, 1.54) is 12.1 Å². The van der Waals surface area contributed by atoms with E-state index in [4.69, 9.17) is 4.74 Å². The van der Waals surface area contributed by atoms with Gasteiger partial charge in [0.1, 0.15) is 0 Å². The van der Waals surface area contributed by atoms with E-state index in [2.05, 4.69) is 5.32 Å². The number of benzene rings is 1. The molecule has 1 aromatic rings. The Bertz CT molecular complexity index is 419. The molecule has 1 aromatic carbocycles. The predicted octanol–water partition coefficient (Wildman–Crippen LogP) is 2.87. The van der Waals surface area contributed by atoms with Crippen molar-refractivity contribution < 1.29 is 17.9 Å². The molecule has 2 atom stereocenters. The van der Waals surface area contributed by atoms with Gasteiger partial charge in [0, 0.05) is 18.6 Å². The van der Waals surface area contributed by atoms with Crippen molar-refractivity contribution in [1.82, 2.24) is 5.32 Å². The molecule has 0 aliphatic carbocycles. The molecular formula is C14H18F3NO. The number of alkyl halides is 3. The first-order valence-corrected chi connectivity index (χ1v) is 6.42. The molecule has 0 bridgehead atoms. The van der Waals surface area contributed by atoms with Crippen LogP contribution in [0, 0.1) is 5.92 Å². The average molecular weight is 273 g/mol. The van der Waals surface area contributed by atoms with Gasteiger partial charge < -0.3 is 10.1 Å². The first-order chi connectivity index (χ1) is 9.00. The van der Waals surface area contributed by atoms with Gasteiger partial charge in [-0.05, 0) is 31.5 Å². The Morgan fingerprint density at radius 3 is 2.84 bits per heavy atom. The Morgan fingerprint density at radius 1 is 1.37 bits per heavy atom. The highest BCUT2D eigenvalue weighted by atomic mass is 19.4. The van der Waals surface area contributed by atoms with Crippen LogP contribution in [-0.2, 0) is 17.3 Å². The van der Waals surface area contributed by atoms with Crippen molar-refractivity contribution in [2.75, 3.05) is 20.3 Å². The van der Waals surface area contributed by atoms with Gasteiger partial charge in [-0.15, -0.1) is 0 Å². The maximum Gasteiger partial charge on any atom is 0.416 e. The van der Waals surface area contributed by atoms with E-state index in [0.29, 0.717) is 31.2 Å². The third-order valence-electron chi connectivity index (χ3n) is 3.60. The van der Waals surface area contributed by atoms with E-state index in [-0.39, 0.29) is 5.92 Å². The van der Waals surface area contributed by atoms with E-state index in [1.807, 2.05) is 7.05 Å². The largest absolute Gasteiger partial charge is 0.416 e. The summed E-state index contributed by atoms with van der Waals surface area (Å²) in [5, 5.41) is 3.22. The Kier molecular flexibility index (Phi) is 4.47. The second-order valence-electron chi connectivity index (χ2n) is 4.92. The van der Waals surface area contributed by atoms with Crippen LogP contribution in [0.1, 0.15) is 17.5 Å². The summed E-state index contributed by atoms with van der Waals surface area (Å²) in [4.78, 5) is 0. The lowest BCUT2D eigenvalue weighted by Crippen LogP contribution is -2.41. The summed E-state index contributed by atoms with van der Waals surface area (Å²) in [6.07, 6.45) is -2.77. The molecule has 2 rings (SSSR count). The van der Waals surface area contributed by atoms with Gasteiger partial charge in [-0.2, -0.15) is 13.2 Å². The lowest BCUT2D eigenvalue weighted by atomic mass is 9.89. The Hall–Kier alpha value is -1.07. The SMILES string of the molecule is CNC1CCOCC1Cc1cccc(C(F)(F)F)c1. The molecule has 1 N–H and O–H groups in total. The minimum Gasteiger partial charge on any atom is -0.381 e. The number of hydrogen-bond acceptors (Lipinski definition) is 2. The van der Waals surface area contributed by atoms with E-state index < -0.39 is 11.7 Å². The summed E-state index contributed by atoms with van der Waals surface area (Å²) in [6.45, 7) is 1.31. The molecule has 0 saturated carbocycles. The lowest BCUT2D eigenvalue weighted by molar-refractivity contribution is -0.137. The second kappa shape index (κ2) is 5.92. The van der Waals surface area contributed by atoms with Crippen molar-refractivity contribution in [3.63, 3.8) is 0 Å². The highest BCUT2D eigenvalue weighted by Gasteiger charge is 2.31. The molecule has 1 aliphatic rings. The van der Waals surface area contributed by atoms with Crippen LogP contribution in [0.5, 0.6) is 0 Å². The standard InChI is InChI=1S/C14H18F3NO/c1-18-13-5-6-19-9-11(13)7-10-3-2-4-12(8-10)14(15,16)17/h2-4,8,11,13,18H,5-7,9H2,1H3. The van der Waals surface area contributed by atoms with Gasteiger partial charge in [0.25, 0.3) is 0 Å². The highest BCUT2D eigenvalue weighted by Crippen LogP contribution is 2.30. The van der Waals surface area contributed by atoms with E-state index in [9.17, 15) is 13.2 Å². The van der Waals surface area contributed by atoms with Gasteiger partial charge in [-0.25, -0.2) is 0 Å². The fourth-order valence-corrected chi connectivity index (χ4v) is 2.56. The molecule has 106 valence electrons. The zero-order valence-corrected chi connectivity index (χ0v) is 10.8. The van der Waals surface area contributed by atoms with Crippen LogP contribution in [0.15, 0.2) is 24.3 Å². The van der Waals surface area contributed by atoms with Gasteiger partial charge >= 0.3 is 6.18 Å². The number of hydrogen-bond donors (Lipinski definition) is 1. The number of ether oxygens (including phenoxy) is 1. The normalized spacial score (nSPS) is 24.4. The summed E-state index contributed by atoms with van der Waals surface area (Å²) in [7, 11) is 1.88. The van der Waals surface area contributed by atoms with Gasteiger partial charge in [0.2, 0.25) is 0 Å². The van der Waals surface area contributed by atoms with Crippen LogP contribution in [0.2, 0.25) is 0 Å². The molecule has 1 saturated heterocycles. The van der Waals surface area contributed by atoms with E-state index >= 15 is 0 Å². The zero-order chi connectivity index (χ0) is 13.9. The molecule has 0 spiro atoms. The first kappa shape index (κ1) is 14.3. The summed E-state index contributed by atoms with van der Waals surface area (Å²) in [5.41, 5.74) is 0.133. The minimum atomic E-state index is -4.28.